The van der Waals surface area contributed by atoms with Crippen molar-refractivity contribution in [2.75, 3.05) is 6.61 Å². The Hall–Kier alpha value is -3.30. The van der Waals surface area contributed by atoms with Gasteiger partial charge in [-0.15, -0.1) is 10.2 Å². The monoisotopic (exact) mass is 331 g/mol. The molecule has 3 aromatic rings. The lowest BCUT2D eigenvalue weighted by Gasteiger charge is -2.05. The van der Waals surface area contributed by atoms with Crippen LogP contribution in [-0.4, -0.2) is 37.1 Å². The third kappa shape index (κ3) is 2.69. The van der Waals surface area contributed by atoms with E-state index in [0.717, 1.165) is 0 Å². The van der Waals surface area contributed by atoms with Gasteiger partial charge in [0.2, 0.25) is 5.65 Å². The van der Waals surface area contributed by atoms with E-state index in [1.807, 2.05) is 0 Å². The number of aromatic nitrogens is 4. The molecular formula is C14H13N5O5. The smallest absolute Gasteiger partial charge is 0.306 e. The fraction of sp³-hybridized carbons (Fsp3) is 0.286. The minimum atomic E-state index is -0.546. The molecule has 0 saturated carbocycles. The predicted molar refractivity (Wildman–Crippen MR) is 82.7 cm³/mol. The summed E-state index contributed by atoms with van der Waals surface area (Å²) >= 11 is 0. The van der Waals surface area contributed by atoms with E-state index in [2.05, 4.69) is 15.2 Å². The third-order valence-electron chi connectivity index (χ3n) is 3.47. The van der Waals surface area contributed by atoms with Gasteiger partial charge in [0.05, 0.1) is 29.0 Å². The standard InChI is InChI=1S/C14H13N5O5/c1-2-24-12(20)6-5-11-16-17-13-14(21)15-9-7-8(19(22)23)3-4-10(9)18(11)13/h3-4,7H,2,5-6H2,1H3,(H,15,21). The van der Waals surface area contributed by atoms with Crippen LogP contribution in [0.1, 0.15) is 19.2 Å². The number of carbonyl (C=O) groups excluding carboxylic acids is 1. The summed E-state index contributed by atoms with van der Waals surface area (Å²) in [7, 11) is 0. The molecule has 1 aromatic carbocycles. The van der Waals surface area contributed by atoms with Crippen molar-refractivity contribution < 1.29 is 14.5 Å². The van der Waals surface area contributed by atoms with Gasteiger partial charge >= 0.3 is 5.97 Å². The number of nitro benzene ring substituents is 1. The first kappa shape index (κ1) is 15.6. The number of carbonyl (C=O) groups is 1. The summed E-state index contributed by atoms with van der Waals surface area (Å²) in [4.78, 5) is 36.5. The van der Waals surface area contributed by atoms with E-state index < -0.39 is 10.5 Å². The number of esters is 1. The minimum absolute atomic E-state index is 0.0650. The average molecular weight is 331 g/mol. The first-order chi connectivity index (χ1) is 11.5. The number of fused-ring (bicyclic) bond motifs is 3. The van der Waals surface area contributed by atoms with Gasteiger partial charge in [0.1, 0.15) is 5.82 Å². The Morgan fingerprint density at radius 1 is 1.42 bits per heavy atom. The molecule has 0 aliphatic heterocycles. The third-order valence-corrected chi connectivity index (χ3v) is 3.47. The van der Waals surface area contributed by atoms with Gasteiger partial charge in [-0.2, -0.15) is 0 Å². The molecule has 2 aromatic heterocycles. The van der Waals surface area contributed by atoms with Gasteiger partial charge in [0, 0.05) is 18.6 Å². The van der Waals surface area contributed by atoms with Gasteiger partial charge < -0.3 is 9.72 Å². The van der Waals surface area contributed by atoms with Crippen LogP contribution in [0.5, 0.6) is 0 Å². The summed E-state index contributed by atoms with van der Waals surface area (Å²) in [6.07, 6.45) is 0.325. The molecule has 0 aliphatic carbocycles. The van der Waals surface area contributed by atoms with Crippen LogP contribution in [0.2, 0.25) is 0 Å². The fourth-order valence-corrected chi connectivity index (χ4v) is 2.44. The number of aryl methyl sites for hydroxylation is 1. The molecule has 0 atom stereocenters. The van der Waals surface area contributed by atoms with E-state index in [9.17, 15) is 19.7 Å². The quantitative estimate of drug-likeness (QED) is 0.418. The number of rotatable bonds is 5. The molecule has 124 valence electrons. The summed E-state index contributed by atoms with van der Waals surface area (Å²) in [5.74, 6) is 0.0297. The number of hydrogen-bond acceptors (Lipinski definition) is 7. The zero-order valence-electron chi connectivity index (χ0n) is 12.7. The maximum Gasteiger partial charge on any atom is 0.306 e. The number of hydrogen-bond donors (Lipinski definition) is 1. The number of nitrogens with zero attached hydrogens (tertiary/aromatic N) is 4. The number of benzene rings is 1. The van der Waals surface area contributed by atoms with Crippen molar-refractivity contribution in [3.8, 4) is 0 Å². The van der Waals surface area contributed by atoms with Crippen LogP contribution >= 0.6 is 0 Å². The van der Waals surface area contributed by atoms with Gasteiger partial charge in [0.25, 0.3) is 11.2 Å². The Balaban J connectivity index is 2.11. The minimum Gasteiger partial charge on any atom is -0.466 e. The Kier molecular flexibility index (Phi) is 3.94. The number of H-pyrrole nitrogens is 1. The summed E-state index contributed by atoms with van der Waals surface area (Å²) in [6, 6.07) is 4.11. The Bertz CT molecular complexity index is 1010. The number of ether oxygens (including phenoxy) is 1. The van der Waals surface area contributed by atoms with Crippen LogP contribution in [0, 0.1) is 10.1 Å². The maximum absolute atomic E-state index is 12.1. The first-order valence-corrected chi connectivity index (χ1v) is 7.21. The van der Waals surface area contributed by atoms with E-state index in [-0.39, 0.29) is 36.8 Å². The molecule has 0 saturated heterocycles. The molecule has 0 spiro atoms. The molecule has 10 heteroatoms. The highest BCUT2D eigenvalue weighted by Crippen LogP contribution is 2.20. The van der Waals surface area contributed by atoms with Gasteiger partial charge in [-0.05, 0) is 13.0 Å². The lowest BCUT2D eigenvalue weighted by molar-refractivity contribution is -0.384. The summed E-state index contributed by atoms with van der Waals surface area (Å²) in [5.41, 5.74) is 0.213. The van der Waals surface area contributed by atoms with E-state index in [0.29, 0.717) is 16.9 Å². The van der Waals surface area contributed by atoms with Crippen molar-refractivity contribution in [1.82, 2.24) is 19.6 Å². The van der Waals surface area contributed by atoms with Crippen molar-refractivity contribution in [2.24, 2.45) is 0 Å². The van der Waals surface area contributed by atoms with E-state index in [4.69, 9.17) is 4.74 Å². The van der Waals surface area contributed by atoms with E-state index in [1.54, 1.807) is 6.92 Å². The van der Waals surface area contributed by atoms with Crippen LogP contribution in [-0.2, 0) is 16.0 Å². The molecule has 0 fully saturated rings. The highest BCUT2D eigenvalue weighted by Gasteiger charge is 2.16. The normalized spacial score (nSPS) is 11.0. The molecule has 0 unspecified atom stereocenters. The Morgan fingerprint density at radius 3 is 2.92 bits per heavy atom. The van der Waals surface area contributed by atoms with Gasteiger partial charge in [0.15, 0.2) is 0 Å². The van der Waals surface area contributed by atoms with Crippen LogP contribution in [0.25, 0.3) is 16.7 Å². The number of nitro groups is 1. The molecule has 0 amide bonds. The summed E-state index contributed by atoms with van der Waals surface area (Å²) < 4.78 is 6.36. The van der Waals surface area contributed by atoms with Crippen LogP contribution in [0.15, 0.2) is 23.0 Å². The molecule has 0 radical (unpaired) electrons. The van der Waals surface area contributed by atoms with Crippen molar-refractivity contribution >= 4 is 28.3 Å². The molecule has 2 heterocycles. The van der Waals surface area contributed by atoms with Crippen molar-refractivity contribution in [1.29, 1.82) is 0 Å². The van der Waals surface area contributed by atoms with Crippen LogP contribution in [0.4, 0.5) is 5.69 Å². The van der Waals surface area contributed by atoms with Gasteiger partial charge in [-0.25, -0.2) is 0 Å². The van der Waals surface area contributed by atoms with Crippen molar-refractivity contribution in [3.63, 3.8) is 0 Å². The van der Waals surface area contributed by atoms with E-state index in [1.165, 1.54) is 22.6 Å². The van der Waals surface area contributed by atoms with Gasteiger partial charge in [-0.3, -0.25) is 24.1 Å². The van der Waals surface area contributed by atoms with Crippen LogP contribution in [0.3, 0.4) is 0 Å². The zero-order chi connectivity index (χ0) is 17.3. The largest absolute Gasteiger partial charge is 0.466 e. The molecular weight excluding hydrogens is 318 g/mol. The van der Waals surface area contributed by atoms with Crippen LogP contribution < -0.4 is 5.56 Å². The second-order valence-electron chi connectivity index (χ2n) is 4.99. The molecule has 0 bridgehead atoms. The first-order valence-electron chi connectivity index (χ1n) is 7.21. The zero-order valence-corrected chi connectivity index (χ0v) is 12.7. The Morgan fingerprint density at radius 2 is 2.21 bits per heavy atom. The Labute approximate surface area is 134 Å². The molecule has 10 nitrogen and oxygen atoms in total. The maximum atomic E-state index is 12.1. The number of nitrogens with one attached hydrogen (secondary N) is 1. The topological polar surface area (TPSA) is 132 Å². The van der Waals surface area contributed by atoms with Crippen molar-refractivity contribution in [3.05, 3.63) is 44.5 Å². The second-order valence-corrected chi connectivity index (χ2v) is 4.99. The number of aromatic amines is 1. The lowest BCUT2D eigenvalue weighted by atomic mass is 10.2. The summed E-state index contributed by atoms with van der Waals surface area (Å²) in [6.45, 7) is 2.00. The van der Waals surface area contributed by atoms with Gasteiger partial charge in [-0.1, -0.05) is 0 Å². The molecule has 3 rings (SSSR count). The fourth-order valence-electron chi connectivity index (χ4n) is 2.44. The SMILES string of the molecule is CCOC(=O)CCc1nnc2c(=O)[nH]c3cc([N+](=O)[O-])ccc3n12. The molecule has 24 heavy (non-hydrogen) atoms. The summed E-state index contributed by atoms with van der Waals surface area (Å²) in [5, 5.41) is 18.7. The average Bonchev–Trinajstić information content (AvgIpc) is 2.97. The molecule has 1 N–H and O–H groups in total. The highest BCUT2D eigenvalue weighted by molar-refractivity contribution is 5.80. The van der Waals surface area contributed by atoms with E-state index >= 15 is 0 Å². The van der Waals surface area contributed by atoms with Crippen molar-refractivity contribution in [2.45, 2.75) is 19.8 Å². The highest BCUT2D eigenvalue weighted by atomic mass is 16.6. The predicted octanol–water partition coefficient (Wildman–Crippen LogP) is 0.975. The molecule has 0 aliphatic rings. The number of non-ortho nitro benzene ring substituents is 1. The lowest BCUT2D eigenvalue weighted by Crippen LogP contribution is -2.13. The second kappa shape index (κ2) is 6.07.